The summed E-state index contributed by atoms with van der Waals surface area (Å²) in [5, 5.41) is 4.62. The van der Waals surface area contributed by atoms with Gasteiger partial charge in [0.2, 0.25) is 0 Å². The number of hydrogen-bond donors (Lipinski definition) is 0. The number of rotatable bonds is 4. The Hall–Kier alpha value is -3.71. The number of aromatic nitrogens is 3. The Morgan fingerprint density at radius 3 is 2.70 bits per heavy atom. The van der Waals surface area contributed by atoms with Crippen molar-refractivity contribution in [2.75, 3.05) is 18.1 Å². The monoisotopic (exact) mass is 440 g/mol. The number of hydrogen-bond acceptors (Lipinski definition) is 4. The van der Waals surface area contributed by atoms with Gasteiger partial charge < -0.3 is 14.2 Å². The summed E-state index contributed by atoms with van der Waals surface area (Å²) < 4.78 is 9.11. The van der Waals surface area contributed by atoms with Gasteiger partial charge in [-0.2, -0.15) is 9.78 Å². The van der Waals surface area contributed by atoms with Crippen LogP contribution in [0.4, 0.5) is 5.69 Å². The highest BCUT2D eigenvalue weighted by Crippen LogP contribution is 2.31. The summed E-state index contributed by atoms with van der Waals surface area (Å²) in [6, 6.07) is 17.3. The maximum Gasteiger partial charge on any atom is 0.282 e. The van der Waals surface area contributed by atoms with Crippen molar-refractivity contribution < 1.29 is 9.53 Å². The quantitative estimate of drug-likeness (QED) is 0.487. The molecular weight excluding hydrogens is 416 g/mol. The van der Waals surface area contributed by atoms with Crippen molar-refractivity contribution >= 4 is 11.6 Å². The van der Waals surface area contributed by atoms with Gasteiger partial charge in [-0.25, -0.2) is 0 Å². The summed E-state index contributed by atoms with van der Waals surface area (Å²) >= 11 is 0. The average Bonchev–Trinajstić information content (AvgIpc) is 3.59. The van der Waals surface area contributed by atoms with Gasteiger partial charge in [-0.1, -0.05) is 36.4 Å². The number of nitrogens with zero attached hydrogens (tertiary/aromatic N) is 4. The Morgan fingerprint density at radius 2 is 1.88 bits per heavy atom. The smallest absolute Gasteiger partial charge is 0.282 e. The number of carbonyl (C=O) groups is 1. The highest BCUT2D eigenvalue weighted by molar-refractivity contribution is 6.10. The molecule has 0 aliphatic carbocycles. The van der Waals surface area contributed by atoms with Gasteiger partial charge in [0, 0.05) is 37.8 Å². The SMILES string of the molecule is O=C(c1cn(C[C@@H]2CCCO2)cc2c(=O)n(-c3ccccc3)nc1-2)N1CCc2ccccc21. The topological polar surface area (TPSA) is 69.4 Å². The molecule has 2 aromatic carbocycles. The second kappa shape index (κ2) is 8.01. The fourth-order valence-corrected chi connectivity index (χ4v) is 4.88. The summed E-state index contributed by atoms with van der Waals surface area (Å²) in [6.45, 7) is 1.97. The van der Waals surface area contributed by atoms with Gasteiger partial charge in [-0.05, 0) is 43.0 Å². The maximum absolute atomic E-state index is 13.8. The third-order valence-electron chi connectivity index (χ3n) is 6.52. The van der Waals surface area contributed by atoms with Gasteiger partial charge in [-0.3, -0.25) is 9.59 Å². The van der Waals surface area contributed by atoms with E-state index in [1.54, 1.807) is 11.1 Å². The standard InChI is InChI=1S/C26H24N4O3/c31-25(29-13-12-18-7-4-5-11-23(18)29)21-16-28(15-20-10-6-14-33-20)17-22-24(21)27-30(26(22)32)19-8-2-1-3-9-19/h1-5,7-9,11,16-17,20H,6,10,12-15H2/t20-/m0/s1. The van der Waals surface area contributed by atoms with Crippen molar-refractivity contribution in [2.24, 2.45) is 0 Å². The molecule has 6 rings (SSSR count). The van der Waals surface area contributed by atoms with Crippen LogP contribution in [0.3, 0.4) is 0 Å². The van der Waals surface area contributed by atoms with E-state index in [9.17, 15) is 9.59 Å². The van der Waals surface area contributed by atoms with E-state index in [4.69, 9.17) is 4.74 Å². The molecular formula is C26H24N4O3. The minimum Gasteiger partial charge on any atom is -0.376 e. The second-order valence-electron chi connectivity index (χ2n) is 8.65. The third-order valence-corrected chi connectivity index (χ3v) is 6.52. The Morgan fingerprint density at radius 1 is 1.06 bits per heavy atom. The third kappa shape index (κ3) is 3.45. The molecule has 166 valence electrons. The van der Waals surface area contributed by atoms with Gasteiger partial charge in [-0.15, -0.1) is 0 Å². The molecule has 1 amide bonds. The minimum absolute atomic E-state index is 0.0854. The highest BCUT2D eigenvalue weighted by atomic mass is 16.5. The van der Waals surface area contributed by atoms with E-state index in [1.807, 2.05) is 59.3 Å². The summed E-state index contributed by atoms with van der Waals surface area (Å²) in [5.41, 5.74) is 3.84. The Labute approximate surface area is 191 Å². The zero-order valence-electron chi connectivity index (χ0n) is 18.2. The van der Waals surface area contributed by atoms with E-state index in [0.717, 1.165) is 37.1 Å². The fraction of sp³-hybridized carbons (Fsp3) is 0.269. The van der Waals surface area contributed by atoms with Crippen molar-refractivity contribution in [1.29, 1.82) is 0 Å². The first kappa shape index (κ1) is 19.9. The second-order valence-corrected chi connectivity index (χ2v) is 8.65. The summed E-state index contributed by atoms with van der Waals surface area (Å²) in [4.78, 5) is 28.9. The van der Waals surface area contributed by atoms with E-state index in [-0.39, 0.29) is 17.6 Å². The number of para-hydroxylation sites is 2. The van der Waals surface area contributed by atoms with E-state index < -0.39 is 0 Å². The Bertz CT molecular complexity index is 1350. The molecule has 0 aromatic heterocycles. The maximum atomic E-state index is 13.8. The van der Waals surface area contributed by atoms with Crippen molar-refractivity contribution in [1.82, 2.24) is 14.3 Å². The molecule has 0 N–H and O–H groups in total. The van der Waals surface area contributed by atoms with E-state index in [1.165, 1.54) is 4.68 Å². The number of amides is 1. The number of benzene rings is 2. The molecule has 0 unspecified atom stereocenters. The lowest BCUT2D eigenvalue weighted by atomic mass is 10.1. The molecule has 1 fully saturated rings. The lowest BCUT2D eigenvalue weighted by Crippen LogP contribution is -2.30. The average molecular weight is 441 g/mol. The van der Waals surface area contributed by atoms with Gasteiger partial charge in [0.25, 0.3) is 11.5 Å². The van der Waals surface area contributed by atoms with Crippen LogP contribution in [0, 0.1) is 0 Å². The zero-order valence-corrected chi connectivity index (χ0v) is 18.2. The molecule has 2 aromatic rings. The van der Waals surface area contributed by atoms with Crippen LogP contribution in [0.1, 0.15) is 28.8 Å². The van der Waals surface area contributed by atoms with E-state index in [0.29, 0.717) is 35.6 Å². The first-order chi connectivity index (χ1) is 16.2. The molecule has 7 heteroatoms. The van der Waals surface area contributed by atoms with Crippen LogP contribution < -0.4 is 10.5 Å². The molecule has 33 heavy (non-hydrogen) atoms. The van der Waals surface area contributed by atoms with Crippen molar-refractivity contribution in [3.8, 4) is 16.9 Å². The molecule has 7 nitrogen and oxygen atoms in total. The normalized spacial score (nSPS) is 17.6. The zero-order chi connectivity index (χ0) is 22.4. The molecule has 4 aliphatic heterocycles. The summed E-state index contributed by atoms with van der Waals surface area (Å²) in [6.07, 6.45) is 6.54. The van der Waals surface area contributed by atoms with Gasteiger partial charge in [0.05, 0.1) is 22.9 Å². The minimum atomic E-state index is -0.228. The van der Waals surface area contributed by atoms with Crippen LogP contribution in [0.5, 0.6) is 0 Å². The molecule has 4 heterocycles. The molecule has 1 saturated heterocycles. The lowest BCUT2D eigenvalue weighted by molar-refractivity contribution is 0.0955. The van der Waals surface area contributed by atoms with Crippen LogP contribution in [-0.2, 0) is 17.7 Å². The number of anilines is 1. The number of pyridine rings is 1. The predicted molar refractivity (Wildman–Crippen MR) is 125 cm³/mol. The van der Waals surface area contributed by atoms with Crippen LogP contribution in [0.25, 0.3) is 16.9 Å². The number of ether oxygens (including phenoxy) is 1. The largest absolute Gasteiger partial charge is 0.376 e. The summed E-state index contributed by atoms with van der Waals surface area (Å²) in [7, 11) is 0. The van der Waals surface area contributed by atoms with Crippen molar-refractivity contribution in [2.45, 2.75) is 31.9 Å². The molecule has 0 bridgehead atoms. The van der Waals surface area contributed by atoms with Crippen molar-refractivity contribution in [3.05, 3.63) is 88.5 Å². The number of fused-ring (bicyclic) bond motifs is 2. The molecule has 0 spiro atoms. The lowest BCUT2D eigenvalue weighted by Gasteiger charge is -2.20. The Kier molecular flexibility index (Phi) is 4.84. The van der Waals surface area contributed by atoms with Crippen LogP contribution in [-0.4, -0.2) is 39.5 Å². The van der Waals surface area contributed by atoms with Gasteiger partial charge in [0.1, 0.15) is 5.69 Å². The number of carbonyl (C=O) groups excluding carboxylic acids is 1. The Balaban J connectivity index is 1.49. The fourth-order valence-electron chi connectivity index (χ4n) is 4.88. The van der Waals surface area contributed by atoms with E-state index >= 15 is 0 Å². The molecule has 1 atom stereocenters. The van der Waals surface area contributed by atoms with Gasteiger partial charge in [0.15, 0.2) is 0 Å². The molecule has 0 saturated carbocycles. The summed E-state index contributed by atoms with van der Waals surface area (Å²) in [5.74, 6) is -0.135. The van der Waals surface area contributed by atoms with Crippen molar-refractivity contribution in [3.63, 3.8) is 0 Å². The van der Waals surface area contributed by atoms with Crippen LogP contribution in [0.2, 0.25) is 0 Å². The van der Waals surface area contributed by atoms with Gasteiger partial charge >= 0.3 is 0 Å². The molecule has 4 aliphatic rings. The first-order valence-electron chi connectivity index (χ1n) is 11.4. The predicted octanol–water partition coefficient (Wildman–Crippen LogP) is 3.52. The first-order valence-corrected chi connectivity index (χ1v) is 11.4. The molecule has 0 radical (unpaired) electrons. The van der Waals surface area contributed by atoms with E-state index in [2.05, 4.69) is 11.2 Å². The highest BCUT2D eigenvalue weighted by Gasteiger charge is 2.31. The van der Waals surface area contributed by atoms with Crippen LogP contribution >= 0.6 is 0 Å². The van der Waals surface area contributed by atoms with Crippen LogP contribution in [0.15, 0.2) is 71.8 Å².